The predicted molar refractivity (Wildman–Crippen MR) is 64.1 cm³/mol. The summed E-state index contributed by atoms with van der Waals surface area (Å²) in [4.78, 5) is 11.1. The summed E-state index contributed by atoms with van der Waals surface area (Å²) in [6, 6.07) is 2.50. The van der Waals surface area contributed by atoms with Gasteiger partial charge in [-0.05, 0) is 43.9 Å². The lowest BCUT2D eigenvalue weighted by Crippen LogP contribution is -2.37. The molecule has 1 heterocycles. The maximum absolute atomic E-state index is 13.4. The van der Waals surface area contributed by atoms with Gasteiger partial charge < -0.3 is 10.4 Å². The van der Waals surface area contributed by atoms with Gasteiger partial charge in [0.2, 0.25) is 0 Å². The normalized spacial score (nSPS) is 21.5. The molecule has 3 nitrogen and oxygen atoms in total. The van der Waals surface area contributed by atoms with Crippen LogP contribution in [0.1, 0.15) is 49.0 Å². The second-order valence-corrected chi connectivity index (χ2v) is 5.34. The summed E-state index contributed by atoms with van der Waals surface area (Å²) in [6.45, 7) is 6.02. The number of hydrogen-bond donors (Lipinski definition) is 2. The largest absolute Gasteiger partial charge is 0.478 e. The molecule has 0 unspecified atom stereocenters. The van der Waals surface area contributed by atoms with Crippen LogP contribution in [-0.2, 0) is 0 Å². The van der Waals surface area contributed by atoms with E-state index in [1.165, 1.54) is 6.07 Å². The second-order valence-electron chi connectivity index (χ2n) is 5.34. The highest BCUT2D eigenvalue weighted by atomic mass is 19.1. The zero-order valence-electron chi connectivity index (χ0n) is 10.2. The first-order valence-corrected chi connectivity index (χ1v) is 5.65. The number of aromatic carboxylic acids is 1. The van der Waals surface area contributed by atoms with E-state index in [-0.39, 0.29) is 17.0 Å². The minimum absolute atomic E-state index is 0.0135. The van der Waals surface area contributed by atoms with Crippen LogP contribution in [0.15, 0.2) is 12.1 Å². The number of carbonyl (C=O) groups is 1. The van der Waals surface area contributed by atoms with Gasteiger partial charge in [0.05, 0.1) is 11.3 Å². The number of fused-ring (bicyclic) bond motifs is 1. The SMILES string of the molecule is C[C@@H]1CC(C)(C)Nc2c(C(=O)O)cc(F)cc21. The third-order valence-corrected chi connectivity index (χ3v) is 3.17. The van der Waals surface area contributed by atoms with Crippen molar-refractivity contribution >= 4 is 11.7 Å². The molecule has 1 atom stereocenters. The van der Waals surface area contributed by atoms with Gasteiger partial charge in [-0.25, -0.2) is 9.18 Å². The third-order valence-electron chi connectivity index (χ3n) is 3.17. The van der Waals surface area contributed by atoms with Gasteiger partial charge in [0.1, 0.15) is 5.82 Å². The van der Waals surface area contributed by atoms with Gasteiger partial charge in [-0.3, -0.25) is 0 Å². The molecule has 1 aromatic rings. The van der Waals surface area contributed by atoms with E-state index < -0.39 is 11.8 Å². The van der Waals surface area contributed by atoms with Crippen molar-refractivity contribution in [3.05, 3.63) is 29.1 Å². The fourth-order valence-electron chi connectivity index (χ4n) is 2.59. The molecule has 0 fully saturated rings. The van der Waals surface area contributed by atoms with E-state index in [0.717, 1.165) is 18.1 Å². The molecular formula is C13H16FNO2. The zero-order valence-corrected chi connectivity index (χ0v) is 10.2. The quantitative estimate of drug-likeness (QED) is 0.788. The first-order valence-electron chi connectivity index (χ1n) is 5.65. The van der Waals surface area contributed by atoms with E-state index in [9.17, 15) is 9.18 Å². The number of nitrogens with one attached hydrogen (secondary N) is 1. The van der Waals surface area contributed by atoms with Crippen LogP contribution in [0.3, 0.4) is 0 Å². The van der Waals surface area contributed by atoms with E-state index in [1.807, 2.05) is 20.8 Å². The van der Waals surface area contributed by atoms with Gasteiger partial charge in [-0.2, -0.15) is 0 Å². The Morgan fingerprint density at radius 3 is 2.76 bits per heavy atom. The summed E-state index contributed by atoms with van der Waals surface area (Å²) < 4.78 is 13.4. The van der Waals surface area contributed by atoms with E-state index in [1.54, 1.807) is 0 Å². The smallest absolute Gasteiger partial charge is 0.337 e. The molecule has 0 spiro atoms. The Kier molecular flexibility index (Phi) is 2.60. The molecular weight excluding hydrogens is 221 g/mol. The van der Waals surface area contributed by atoms with Crippen molar-refractivity contribution < 1.29 is 14.3 Å². The topological polar surface area (TPSA) is 49.3 Å². The molecule has 1 aromatic carbocycles. The number of rotatable bonds is 1. The van der Waals surface area contributed by atoms with E-state index >= 15 is 0 Å². The minimum Gasteiger partial charge on any atom is -0.478 e. The van der Waals surface area contributed by atoms with Gasteiger partial charge in [0.15, 0.2) is 0 Å². The van der Waals surface area contributed by atoms with Gasteiger partial charge in [-0.15, -0.1) is 0 Å². The van der Waals surface area contributed by atoms with E-state index in [4.69, 9.17) is 5.11 Å². The summed E-state index contributed by atoms with van der Waals surface area (Å²) in [7, 11) is 0. The first kappa shape index (κ1) is 11.9. The molecule has 4 heteroatoms. The van der Waals surface area contributed by atoms with E-state index in [0.29, 0.717) is 5.69 Å². The summed E-state index contributed by atoms with van der Waals surface area (Å²) in [5.74, 6) is -1.44. The van der Waals surface area contributed by atoms with Crippen LogP contribution in [0, 0.1) is 5.82 Å². The van der Waals surface area contributed by atoms with Crippen molar-refractivity contribution in [1.29, 1.82) is 0 Å². The molecule has 0 saturated heterocycles. The predicted octanol–water partition coefficient (Wildman–Crippen LogP) is 3.22. The Balaban J connectivity index is 2.63. The third kappa shape index (κ3) is 2.12. The van der Waals surface area contributed by atoms with Crippen molar-refractivity contribution in [2.45, 2.75) is 38.6 Å². The fraction of sp³-hybridized carbons (Fsp3) is 0.462. The lowest BCUT2D eigenvalue weighted by atomic mass is 9.81. The van der Waals surface area contributed by atoms with Crippen LogP contribution in [0.25, 0.3) is 0 Å². The Morgan fingerprint density at radius 2 is 2.18 bits per heavy atom. The number of anilines is 1. The Labute approximate surface area is 99.7 Å². The first-order chi connectivity index (χ1) is 7.80. The van der Waals surface area contributed by atoms with Crippen LogP contribution in [-0.4, -0.2) is 16.6 Å². The average Bonchev–Trinajstić information content (AvgIpc) is 2.17. The maximum Gasteiger partial charge on any atom is 0.337 e. The van der Waals surface area contributed by atoms with Crippen LogP contribution >= 0.6 is 0 Å². The van der Waals surface area contributed by atoms with Gasteiger partial charge in [0.25, 0.3) is 0 Å². The number of carboxylic acid groups (broad SMARTS) is 1. The second kappa shape index (κ2) is 3.72. The molecule has 17 heavy (non-hydrogen) atoms. The van der Waals surface area contributed by atoms with Crippen molar-refractivity contribution in [1.82, 2.24) is 0 Å². The van der Waals surface area contributed by atoms with Crippen molar-refractivity contribution in [3.8, 4) is 0 Å². The lowest BCUT2D eigenvalue weighted by Gasteiger charge is -2.38. The summed E-state index contributed by atoms with van der Waals surface area (Å²) in [6.07, 6.45) is 0.850. The average molecular weight is 237 g/mol. The molecule has 92 valence electrons. The standard InChI is InChI=1S/C13H16FNO2/c1-7-6-13(2,3)15-11-9(7)4-8(14)5-10(11)12(16)17/h4-5,7,15H,6H2,1-3H3,(H,16,17)/t7-/m1/s1. The summed E-state index contributed by atoms with van der Waals surface area (Å²) in [5.41, 5.74) is 1.15. The molecule has 1 aliphatic rings. The van der Waals surface area contributed by atoms with Crippen LogP contribution in [0.5, 0.6) is 0 Å². The zero-order chi connectivity index (χ0) is 12.8. The maximum atomic E-state index is 13.4. The molecule has 0 amide bonds. The summed E-state index contributed by atoms with van der Waals surface area (Å²) >= 11 is 0. The van der Waals surface area contributed by atoms with Gasteiger partial charge in [-0.1, -0.05) is 6.92 Å². The lowest BCUT2D eigenvalue weighted by molar-refractivity contribution is 0.0697. The van der Waals surface area contributed by atoms with Crippen LogP contribution < -0.4 is 5.32 Å². The molecule has 0 aromatic heterocycles. The van der Waals surface area contributed by atoms with Gasteiger partial charge >= 0.3 is 5.97 Å². The summed E-state index contributed by atoms with van der Waals surface area (Å²) in [5, 5.41) is 12.3. The van der Waals surface area contributed by atoms with Crippen molar-refractivity contribution in [2.75, 3.05) is 5.32 Å². The molecule has 0 radical (unpaired) electrons. The number of halogens is 1. The van der Waals surface area contributed by atoms with Crippen LogP contribution in [0.4, 0.5) is 10.1 Å². The number of carboxylic acids is 1. The van der Waals surface area contributed by atoms with E-state index in [2.05, 4.69) is 5.32 Å². The van der Waals surface area contributed by atoms with Crippen molar-refractivity contribution in [2.24, 2.45) is 0 Å². The number of hydrogen-bond acceptors (Lipinski definition) is 2. The minimum atomic E-state index is -1.10. The number of benzene rings is 1. The molecule has 0 bridgehead atoms. The highest BCUT2D eigenvalue weighted by Crippen LogP contribution is 2.40. The Bertz CT molecular complexity index is 483. The highest BCUT2D eigenvalue weighted by molar-refractivity contribution is 5.95. The Hall–Kier alpha value is -1.58. The molecule has 0 aliphatic carbocycles. The Morgan fingerprint density at radius 1 is 1.53 bits per heavy atom. The van der Waals surface area contributed by atoms with Crippen molar-refractivity contribution in [3.63, 3.8) is 0 Å². The highest BCUT2D eigenvalue weighted by Gasteiger charge is 2.32. The molecule has 2 N–H and O–H groups in total. The fourth-order valence-corrected chi connectivity index (χ4v) is 2.59. The molecule has 2 rings (SSSR count). The molecule has 1 aliphatic heterocycles. The van der Waals surface area contributed by atoms with Crippen LogP contribution in [0.2, 0.25) is 0 Å². The van der Waals surface area contributed by atoms with Gasteiger partial charge in [0, 0.05) is 5.54 Å². The molecule has 0 saturated carbocycles. The monoisotopic (exact) mass is 237 g/mol.